The molecule has 0 saturated heterocycles. The summed E-state index contributed by atoms with van der Waals surface area (Å²) >= 11 is 0. The molecule has 0 saturated carbocycles. The molecule has 0 fully saturated rings. The van der Waals surface area contributed by atoms with Crippen LogP contribution in [-0.2, 0) is 10.0 Å². The van der Waals surface area contributed by atoms with E-state index in [1.165, 1.54) is 32.3 Å². The van der Waals surface area contributed by atoms with E-state index >= 15 is 0 Å². The summed E-state index contributed by atoms with van der Waals surface area (Å²) in [6.07, 6.45) is 0. The van der Waals surface area contributed by atoms with E-state index in [9.17, 15) is 13.2 Å². The number of rotatable bonds is 4. The Morgan fingerprint density at radius 1 is 1.33 bits per heavy atom. The molecule has 0 atom stereocenters. The Hall–Kier alpha value is -2.39. The van der Waals surface area contributed by atoms with Crippen LogP contribution in [0.2, 0.25) is 0 Å². The van der Waals surface area contributed by atoms with E-state index in [4.69, 9.17) is 5.73 Å². The van der Waals surface area contributed by atoms with Crippen molar-refractivity contribution in [3.05, 3.63) is 36.0 Å². The molecule has 0 aliphatic heterocycles. The maximum atomic E-state index is 12.0. The van der Waals surface area contributed by atoms with Crippen molar-refractivity contribution in [2.24, 2.45) is 0 Å². The number of nitrogens with two attached hydrogens (primary N) is 1. The minimum Gasteiger partial charge on any atom is -0.382 e. The van der Waals surface area contributed by atoms with Crippen molar-refractivity contribution < 1.29 is 13.2 Å². The summed E-state index contributed by atoms with van der Waals surface area (Å²) in [7, 11) is -0.677. The molecule has 2 aromatic rings. The normalized spacial score (nSPS) is 11.6. The number of nitrogens with zero attached hydrogens (tertiary/aromatic N) is 2. The molecule has 2 rings (SSSR count). The summed E-state index contributed by atoms with van der Waals surface area (Å²) in [4.78, 5) is 12.0. The number of nitrogen functional groups attached to an aromatic ring is 1. The Morgan fingerprint density at radius 3 is 2.62 bits per heavy atom. The monoisotopic (exact) mass is 309 g/mol. The first-order chi connectivity index (χ1) is 9.80. The van der Waals surface area contributed by atoms with Crippen LogP contribution in [0.5, 0.6) is 0 Å². The predicted octanol–water partition coefficient (Wildman–Crippen LogP) is 0.494. The molecule has 0 aliphatic carbocycles. The van der Waals surface area contributed by atoms with Gasteiger partial charge >= 0.3 is 0 Å². The molecule has 0 unspecified atom stereocenters. The van der Waals surface area contributed by atoms with E-state index in [1.54, 1.807) is 12.1 Å². The highest BCUT2D eigenvalue weighted by Crippen LogP contribution is 2.18. The molecule has 112 valence electrons. The first-order valence-electron chi connectivity index (χ1n) is 5.95. The molecule has 4 N–H and O–H groups in total. The van der Waals surface area contributed by atoms with Crippen molar-refractivity contribution in [2.45, 2.75) is 4.90 Å². The van der Waals surface area contributed by atoms with Gasteiger partial charge in [0, 0.05) is 25.8 Å². The quantitative estimate of drug-likeness (QED) is 0.759. The Balaban J connectivity index is 2.25. The van der Waals surface area contributed by atoms with Gasteiger partial charge in [-0.2, -0.15) is 5.10 Å². The van der Waals surface area contributed by atoms with Gasteiger partial charge in [0.15, 0.2) is 0 Å². The number of aromatic nitrogens is 2. The van der Waals surface area contributed by atoms with Gasteiger partial charge in [0.2, 0.25) is 10.0 Å². The first-order valence-corrected chi connectivity index (χ1v) is 7.39. The van der Waals surface area contributed by atoms with Gasteiger partial charge in [0.05, 0.1) is 4.90 Å². The lowest BCUT2D eigenvalue weighted by atomic mass is 10.3. The summed E-state index contributed by atoms with van der Waals surface area (Å²) < 4.78 is 25.1. The highest BCUT2D eigenvalue weighted by atomic mass is 32.2. The fraction of sp³-hybridized carbons (Fsp3) is 0.167. The van der Waals surface area contributed by atoms with Crippen molar-refractivity contribution in [2.75, 3.05) is 25.1 Å². The van der Waals surface area contributed by atoms with Gasteiger partial charge in [0.1, 0.15) is 11.5 Å². The third-order valence-electron chi connectivity index (χ3n) is 2.71. The topological polar surface area (TPSA) is 121 Å². The second-order valence-corrected chi connectivity index (χ2v) is 6.63. The van der Waals surface area contributed by atoms with Gasteiger partial charge in [-0.1, -0.05) is 6.07 Å². The lowest BCUT2D eigenvalue weighted by molar-refractivity contribution is 0.102. The molecule has 1 aromatic carbocycles. The van der Waals surface area contributed by atoms with E-state index in [0.717, 1.165) is 4.31 Å². The summed E-state index contributed by atoms with van der Waals surface area (Å²) in [6, 6.07) is 7.36. The van der Waals surface area contributed by atoms with Gasteiger partial charge < -0.3 is 11.1 Å². The third-order valence-corrected chi connectivity index (χ3v) is 4.52. The number of aromatic amines is 1. The molecular formula is C12H15N5O3S. The van der Waals surface area contributed by atoms with Crippen LogP contribution in [0.25, 0.3) is 0 Å². The summed E-state index contributed by atoms with van der Waals surface area (Å²) in [5, 5.41) is 8.70. The maximum absolute atomic E-state index is 12.0. The Bertz CT molecular complexity index is 767. The highest BCUT2D eigenvalue weighted by Gasteiger charge is 2.18. The fourth-order valence-corrected chi connectivity index (χ4v) is 2.55. The number of anilines is 2. The number of carbonyl (C=O) groups is 1. The number of sulfonamides is 1. The fourth-order valence-electron chi connectivity index (χ4n) is 1.60. The van der Waals surface area contributed by atoms with E-state index in [0.29, 0.717) is 5.69 Å². The zero-order valence-electron chi connectivity index (χ0n) is 11.5. The second-order valence-electron chi connectivity index (χ2n) is 4.48. The Morgan fingerprint density at radius 2 is 2.05 bits per heavy atom. The second kappa shape index (κ2) is 5.54. The van der Waals surface area contributed by atoms with Gasteiger partial charge in [0.25, 0.3) is 5.91 Å². The average molecular weight is 309 g/mol. The van der Waals surface area contributed by atoms with Crippen LogP contribution in [-0.4, -0.2) is 42.9 Å². The Kier molecular flexibility index (Phi) is 3.96. The smallest absolute Gasteiger partial charge is 0.273 e. The molecule has 0 aliphatic rings. The molecule has 0 bridgehead atoms. The van der Waals surface area contributed by atoms with Crippen molar-refractivity contribution in [3.63, 3.8) is 0 Å². The minimum atomic E-state index is -3.55. The van der Waals surface area contributed by atoms with Crippen LogP contribution in [0, 0.1) is 0 Å². The van der Waals surface area contributed by atoms with Crippen LogP contribution >= 0.6 is 0 Å². The Labute approximate surface area is 122 Å². The predicted molar refractivity (Wildman–Crippen MR) is 78.3 cm³/mol. The number of H-pyrrole nitrogens is 1. The van der Waals surface area contributed by atoms with E-state index in [-0.39, 0.29) is 16.4 Å². The number of amides is 1. The zero-order valence-corrected chi connectivity index (χ0v) is 12.3. The lowest BCUT2D eigenvalue weighted by Gasteiger charge is -2.12. The molecule has 1 aromatic heterocycles. The summed E-state index contributed by atoms with van der Waals surface area (Å²) in [5.74, 6) is -0.261. The molecule has 21 heavy (non-hydrogen) atoms. The molecule has 8 nitrogen and oxygen atoms in total. The molecule has 9 heteroatoms. The minimum absolute atomic E-state index is 0.0921. The van der Waals surface area contributed by atoms with Crippen LogP contribution in [0.3, 0.4) is 0 Å². The lowest BCUT2D eigenvalue weighted by Crippen LogP contribution is -2.22. The summed E-state index contributed by atoms with van der Waals surface area (Å²) in [6.45, 7) is 0. The molecular weight excluding hydrogens is 294 g/mol. The highest BCUT2D eigenvalue weighted by molar-refractivity contribution is 7.89. The summed E-state index contributed by atoms with van der Waals surface area (Å²) in [5.41, 5.74) is 5.96. The maximum Gasteiger partial charge on any atom is 0.273 e. The van der Waals surface area contributed by atoms with E-state index < -0.39 is 15.9 Å². The van der Waals surface area contributed by atoms with Gasteiger partial charge in [-0.15, -0.1) is 0 Å². The van der Waals surface area contributed by atoms with Crippen molar-refractivity contribution >= 4 is 27.4 Å². The average Bonchev–Trinajstić information content (AvgIpc) is 2.85. The van der Waals surface area contributed by atoms with E-state index in [2.05, 4.69) is 15.5 Å². The van der Waals surface area contributed by atoms with Gasteiger partial charge in [-0.05, 0) is 18.2 Å². The van der Waals surface area contributed by atoms with Gasteiger partial charge in [-0.25, -0.2) is 12.7 Å². The van der Waals surface area contributed by atoms with Crippen LogP contribution in [0.4, 0.5) is 11.5 Å². The third kappa shape index (κ3) is 3.20. The van der Waals surface area contributed by atoms with Crippen molar-refractivity contribution in [1.82, 2.24) is 14.5 Å². The number of nitrogens with one attached hydrogen (secondary N) is 2. The molecule has 0 spiro atoms. The number of hydrogen-bond donors (Lipinski definition) is 3. The number of carbonyl (C=O) groups excluding carboxylic acids is 1. The molecule has 1 heterocycles. The van der Waals surface area contributed by atoms with E-state index in [1.807, 2.05) is 0 Å². The van der Waals surface area contributed by atoms with Crippen molar-refractivity contribution in [3.8, 4) is 0 Å². The van der Waals surface area contributed by atoms with Crippen LogP contribution in [0.1, 0.15) is 10.5 Å². The number of hydrogen-bond acceptors (Lipinski definition) is 5. The van der Waals surface area contributed by atoms with Crippen molar-refractivity contribution in [1.29, 1.82) is 0 Å². The molecule has 0 radical (unpaired) electrons. The van der Waals surface area contributed by atoms with Gasteiger partial charge in [-0.3, -0.25) is 9.89 Å². The zero-order chi connectivity index (χ0) is 15.6. The SMILES string of the molecule is CN(C)S(=O)(=O)c1cccc(NC(=O)c2cc(N)n[nH]2)c1. The standard InChI is InChI=1S/C12H15N5O3S/c1-17(2)21(19,20)9-5-3-4-8(6-9)14-12(18)10-7-11(13)16-15-10/h3-7H,1-2H3,(H,14,18)(H3,13,15,16). The van der Waals surface area contributed by atoms with Crippen LogP contribution < -0.4 is 11.1 Å². The molecule has 1 amide bonds. The largest absolute Gasteiger partial charge is 0.382 e. The van der Waals surface area contributed by atoms with Crippen LogP contribution in [0.15, 0.2) is 35.2 Å². The number of benzene rings is 1. The first kappa shape index (κ1) is 15.0.